The van der Waals surface area contributed by atoms with E-state index in [0.29, 0.717) is 21.3 Å². The lowest BCUT2D eigenvalue weighted by Crippen LogP contribution is -2.42. The molecular formula is C16H20ClN3O3S. The monoisotopic (exact) mass is 369 g/mol. The number of carbonyl (C=O) groups excluding carboxylic acids is 1. The molecular weight excluding hydrogens is 350 g/mol. The third-order valence-electron chi connectivity index (χ3n) is 4.62. The molecule has 8 heteroatoms. The Morgan fingerprint density at radius 1 is 1.46 bits per heavy atom. The zero-order chi connectivity index (χ0) is 17.1. The Morgan fingerprint density at radius 2 is 2.21 bits per heavy atom. The first-order valence-corrected chi connectivity index (χ1v) is 9.30. The molecule has 3 heterocycles. The van der Waals surface area contributed by atoms with Crippen molar-refractivity contribution in [2.75, 3.05) is 19.7 Å². The first-order chi connectivity index (χ1) is 11.6. The molecule has 1 aliphatic heterocycles. The van der Waals surface area contributed by atoms with Crippen molar-refractivity contribution in [3.8, 4) is 0 Å². The SMILES string of the molecule is O=CC(N1CCC(CCCO)CC1)n1c(=O)sc2ncc(Cl)cc21. The van der Waals surface area contributed by atoms with E-state index in [-0.39, 0.29) is 11.5 Å². The number of aromatic nitrogens is 2. The molecule has 0 aliphatic carbocycles. The van der Waals surface area contributed by atoms with E-state index in [0.717, 1.165) is 56.4 Å². The summed E-state index contributed by atoms with van der Waals surface area (Å²) in [5.74, 6) is 0.577. The highest BCUT2D eigenvalue weighted by molar-refractivity contribution is 7.16. The molecule has 0 bridgehead atoms. The third-order valence-corrected chi connectivity index (χ3v) is 5.70. The highest BCUT2D eigenvalue weighted by Crippen LogP contribution is 2.28. The Hall–Kier alpha value is -1.28. The number of rotatable bonds is 6. The number of nitrogens with zero attached hydrogens (tertiary/aromatic N) is 3. The van der Waals surface area contributed by atoms with Gasteiger partial charge in [0.1, 0.15) is 11.0 Å². The van der Waals surface area contributed by atoms with Gasteiger partial charge in [-0.25, -0.2) is 4.98 Å². The quantitative estimate of drug-likeness (QED) is 0.791. The summed E-state index contributed by atoms with van der Waals surface area (Å²) in [4.78, 5) is 30.8. The number of fused-ring (bicyclic) bond motifs is 1. The Labute approximate surface area is 148 Å². The zero-order valence-corrected chi connectivity index (χ0v) is 14.8. The second kappa shape index (κ2) is 7.74. The van der Waals surface area contributed by atoms with E-state index in [2.05, 4.69) is 4.98 Å². The summed E-state index contributed by atoms with van der Waals surface area (Å²) in [6.07, 6.45) is 5.48. The minimum Gasteiger partial charge on any atom is -0.396 e. The largest absolute Gasteiger partial charge is 0.396 e. The highest BCUT2D eigenvalue weighted by atomic mass is 35.5. The lowest BCUT2D eigenvalue weighted by atomic mass is 9.92. The van der Waals surface area contributed by atoms with E-state index in [1.54, 1.807) is 6.07 Å². The maximum absolute atomic E-state index is 12.4. The van der Waals surface area contributed by atoms with Crippen LogP contribution in [0.4, 0.5) is 0 Å². The standard InChI is InChI=1S/C16H20ClN3O3S/c17-12-8-13-15(18-9-12)24-16(23)20(13)14(10-22)19-5-3-11(4-6-19)2-1-7-21/h8-11,14,21H,1-7H2. The first kappa shape index (κ1) is 17.5. The van der Waals surface area contributed by atoms with Crippen LogP contribution in [0.1, 0.15) is 31.8 Å². The molecule has 3 rings (SSSR count). The molecule has 2 aromatic heterocycles. The Morgan fingerprint density at radius 3 is 2.88 bits per heavy atom. The molecule has 130 valence electrons. The summed E-state index contributed by atoms with van der Waals surface area (Å²) < 4.78 is 1.50. The first-order valence-electron chi connectivity index (χ1n) is 8.11. The molecule has 0 radical (unpaired) electrons. The predicted molar refractivity (Wildman–Crippen MR) is 94.6 cm³/mol. The maximum Gasteiger partial charge on any atom is 0.311 e. The van der Waals surface area contributed by atoms with Crippen molar-refractivity contribution in [2.24, 2.45) is 5.92 Å². The van der Waals surface area contributed by atoms with Crippen molar-refractivity contribution in [3.63, 3.8) is 0 Å². The van der Waals surface area contributed by atoms with Crippen LogP contribution >= 0.6 is 22.9 Å². The fourth-order valence-electron chi connectivity index (χ4n) is 3.34. The summed E-state index contributed by atoms with van der Waals surface area (Å²) in [7, 11) is 0. The molecule has 24 heavy (non-hydrogen) atoms. The lowest BCUT2D eigenvalue weighted by Gasteiger charge is -2.35. The topological polar surface area (TPSA) is 75.4 Å². The summed E-state index contributed by atoms with van der Waals surface area (Å²) in [5, 5.41) is 9.39. The summed E-state index contributed by atoms with van der Waals surface area (Å²) in [5.41, 5.74) is 0.608. The smallest absolute Gasteiger partial charge is 0.311 e. The van der Waals surface area contributed by atoms with Gasteiger partial charge in [0.25, 0.3) is 0 Å². The van der Waals surface area contributed by atoms with Crippen molar-refractivity contribution in [1.29, 1.82) is 0 Å². The van der Waals surface area contributed by atoms with Crippen LogP contribution in [0.5, 0.6) is 0 Å². The fourth-order valence-corrected chi connectivity index (χ4v) is 4.33. The minimum atomic E-state index is -0.620. The Balaban J connectivity index is 1.83. The van der Waals surface area contributed by atoms with Gasteiger partial charge in [0.05, 0.1) is 10.5 Å². The number of carbonyl (C=O) groups is 1. The lowest BCUT2D eigenvalue weighted by molar-refractivity contribution is -0.116. The molecule has 2 aromatic rings. The Kier molecular flexibility index (Phi) is 5.65. The van der Waals surface area contributed by atoms with Crippen LogP contribution in [0.15, 0.2) is 17.1 Å². The van der Waals surface area contributed by atoms with Crippen LogP contribution in [0.25, 0.3) is 10.3 Å². The van der Waals surface area contributed by atoms with Crippen LogP contribution in [0.3, 0.4) is 0 Å². The highest BCUT2D eigenvalue weighted by Gasteiger charge is 2.28. The molecule has 1 aliphatic rings. The molecule has 1 saturated heterocycles. The van der Waals surface area contributed by atoms with E-state index in [4.69, 9.17) is 16.7 Å². The van der Waals surface area contributed by atoms with Crippen LogP contribution in [-0.4, -0.2) is 45.5 Å². The fraction of sp³-hybridized carbons (Fsp3) is 0.562. The number of hydrogen-bond acceptors (Lipinski definition) is 6. The number of pyridine rings is 1. The molecule has 0 spiro atoms. The van der Waals surface area contributed by atoms with Crippen molar-refractivity contribution in [3.05, 3.63) is 27.0 Å². The Bertz CT molecular complexity index is 768. The van der Waals surface area contributed by atoms with Gasteiger partial charge < -0.3 is 5.11 Å². The predicted octanol–water partition coefficient (Wildman–Crippen LogP) is 2.29. The number of likely N-dealkylation sites (tertiary alicyclic amines) is 1. The molecule has 0 saturated carbocycles. The second-order valence-corrected chi connectivity index (χ2v) is 7.49. The molecule has 1 atom stereocenters. The van der Waals surface area contributed by atoms with Gasteiger partial charge in [-0.05, 0) is 37.7 Å². The molecule has 1 fully saturated rings. The number of thiazole rings is 1. The average Bonchev–Trinajstić information content (AvgIpc) is 2.91. The molecule has 6 nitrogen and oxygen atoms in total. The van der Waals surface area contributed by atoms with Crippen LogP contribution in [-0.2, 0) is 4.79 Å². The van der Waals surface area contributed by atoms with E-state index >= 15 is 0 Å². The van der Waals surface area contributed by atoms with E-state index in [1.165, 1.54) is 10.8 Å². The van der Waals surface area contributed by atoms with Gasteiger partial charge in [0.2, 0.25) is 0 Å². The van der Waals surface area contributed by atoms with Crippen molar-refractivity contribution >= 4 is 39.6 Å². The van der Waals surface area contributed by atoms with Gasteiger partial charge >= 0.3 is 4.87 Å². The van der Waals surface area contributed by atoms with Crippen LogP contribution in [0, 0.1) is 5.92 Å². The number of hydrogen-bond donors (Lipinski definition) is 1. The summed E-state index contributed by atoms with van der Waals surface area (Å²) in [6, 6.07) is 1.69. The molecule has 0 aromatic carbocycles. The zero-order valence-electron chi connectivity index (χ0n) is 13.2. The summed E-state index contributed by atoms with van der Waals surface area (Å²) in [6.45, 7) is 1.75. The van der Waals surface area contributed by atoms with Crippen molar-refractivity contribution < 1.29 is 9.90 Å². The number of piperidine rings is 1. The number of aldehydes is 1. The van der Waals surface area contributed by atoms with Gasteiger partial charge in [-0.15, -0.1) is 0 Å². The van der Waals surface area contributed by atoms with Gasteiger partial charge in [-0.1, -0.05) is 22.9 Å². The van der Waals surface area contributed by atoms with Gasteiger partial charge in [0, 0.05) is 25.9 Å². The number of aliphatic hydroxyl groups is 1. The molecule has 0 amide bonds. The second-order valence-electron chi connectivity index (χ2n) is 6.11. The van der Waals surface area contributed by atoms with Gasteiger partial charge in [0.15, 0.2) is 6.29 Å². The van der Waals surface area contributed by atoms with E-state index < -0.39 is 6.17 Å². The minimum absolute atomic E-state index is 0.195. The van der Waals surface area contributed by atoms with Crippen molar-refractivity contribution in [2.45, 2.75) is 31.8 Å². The van der Waals surface area contributed by atoms with Gasteiger partial charge in [-0.3, -0.25) is 19.1 Å². The third kappa shape index (κ3) is 3.54. The van der Waals surface area contributed by atoms with E-state index in [9.17, 15) is 9.59 Å². The number of halogens is 1. The van der Waals surface area contributed by atoms with E-state index in [1.807, 2.05) is 4.90 Å². The molecule has 1 unspecified atom stereocenters. The normalized spacial score (nSPS) is 18.1. The van der Waals surface area contributed by atoms with Crippen molar-refractivity contribution in [1.82, 2.24) is 14.5 Å². The van der Waals surface area contributed by atoms with Gasteiger partial charge in [-0.2, -0.15) is 0 Å². The average molecular weight is 370 g/mol. The number of aliphatic hydroxyl groups excluding tert-OH is 1. The summed E-state index contributed by atoms with van der Waals surface area (Å²) >= 11 is 7.04. The van der Waals surface area contributed by atoms with Crippen LogP contribution < -0.4 is 4.87 Å². The maximum atomic E-state index is 12.4. The molecule has 1 N–H and O–H groups in total. The van der Waals surface area contributed by atoms with Crippen LogP contribution in [0.2, 0.25) is 5.02 Å².